The molecule has 0 fully saturated rings. The van der Waals surface area contributed by atoms with E-state index in [0.717, 1.165) is 24.2 Å². The van der Waals surface area contributed by atoms with Crippen LogP contribution in [0.5, 0.6) is 0 Å². The molecule has 7 heteroatoms. The van der Waals surface area contributed by atoms with Gasteiger partial charge in [0.05, 0.1) is 0 Å². The van der Waals surface area contributed by atoms with Crippen LogP contribution in [0.4, 0.5) is 5.69 Å². The Morgan fingerprint density at radius 3 is 2.30 bits per heavy atom. The summed E-state index contributed by atoms with van der Waals surface area (Å²) in [4.78, 5) is 12.3. The molecule has 0 aliphatic heterocycles. The van der Waals surface area contributed by atoms with Crippen molar-refractivity contribution >= 4 is 33.0 Å². The summed E-state index contributed by atoms with van der Waals surface area (Å²) in [6, 6.07) is 18.3. The van der Waals surface area contributed by atoms with Crippen molar-refractivity contribution in [3.05, 3.63) is 82.7 Å². The number of rotatable bonds is 9. The Balaban J connectivity index is 1.46. The smallest absolute Gasteiger partial charge is 0.271 e. The van der Waals surface area contributed by atoms with Crippen LogP contribution >= 0.6 is 11.3 Å². The molecule has 0 radical (unpaired) electrons. The first-order valence-corrected chi connectivity index (χ1v) is 12.2. The standard InChI is InChI=1S/C23H26N2O3S2/c1-17(2)19-9-7-18(8-10-19)5-3-15-24-23(26)20-11-13-21(14-12-20)25-30(27,28)22-6-4-16-29-22/h4,6-14,16-17,25H,3,5,15H2,1-2H3,(H,24,26). The average Bonchev–Trinajstić information content (AvgIpc) is 3.28. The van der Waals surface area contributed by atoms with E-state index in [2.05, 4.69) is 48.2 Å². The van der Waals surface area contributed by atoms with Crippen LogP contribution in [-0.4, -0.2) is 20.9 Å². The van der Waals surface area contributed by atoms with Crippen molar-refractivity contribution in [3.63, 3.8) is 0 Å². The lowest BCUT2D eigenvalue weighted by molar-refractivity contribution is 0.0953. The Hall–Kier alpha value is -2.64. The SMILES string of the molecule is CC(C)c1ccc(CCCNC(=O)c2ccc(NS(=O)(=O)c3cccs3)cc2)cc1. The predicted molar refractivity (Wildman–Crippen MR) is 123 cm³/mol. The molecule has 0 atom stereocenters. The highest BCUT2D eigenvalue weighted by atomic mass is 32.2. The van der Waals surface area contributed by atoms with Crippen LogP contribution in [0.25, 0.3) is 0 Å². The monoisotopic (exact) mass is 442 g/mol. The largest absolute Gasteiger partial charge is 0.352 e. The summed E-state index contributed by atoms with van der Waals surface area (Å²) in [6.07, 6.45) is 1.76. The Labute approximate surface area is 182 Å². The molecule has 30 heavy (non-hydrogen) atoms. The molecule has 0 bridgehead atoms. The molecule has 1 heterocycles. The van der Waals surface area contributed by atoms with E-state index in [1.807, 2.05) is 0 Å². The molecular formula is C23H26N2O3S2. The molecule has 1 amide bonds. The molecule has 5 nitrogen and oxygen atoms in total. The van der Waals surface area contributed by atoms with Crippen LogP contribution in [0, 0.1) is 0 Å². The number of benzene rings is 2. The van der Waals surface area contributed by atoms with E-state index in [1.165, 1.54) is 11.1 Å². The van der Waals surface area contributed by atoms with Crippen LogP contribution in [0.1, 0.15) is 47.7 Å². The highest BCUT2D eigenvalue weighted by molar-refractivity contribution is 7.94. The lowest BCUT2D eigenvalue weighted by Gasteiger charge is -2.09. The summed E-state index contributed by atoms with van der Waals surface area (Å²) in [5.41, 5.74) is 3.50. The van der Waals surface area contributed by atoms with E-state index in [4.69, 9.17) is 0 Å². The van der Waals surface area contributed by atoms with Crippen molar-refractivity contribution in [1.29, 1.82) is 0 Å². The zero-order valence-electron chi connectivity index (χ0n) is 17.1. The van der Waals surface area contributed by atoms with Crippen molar-refractivity contribution in [2.24, 2.45) is 0 Å². The molecule has 0 saturated heterocycles. The number of hydrogen-bond acceptors (Lipinski definition) is 4. The first-order chi connectivity index (χ1) is 14.3. The van der Waals surface area contributed by atoms with Crippen molar-refractivity contribution < 1.29 is 13.2 Å². The molecule has 3 aromatic rings. The molecule has 158 valence electrons. The predicted octanol–water partition coefficient (Wildman–Crippen LogP) is 5.03. The normalized spacial score (nSPS) is 11.4. The summed E-state index contributed by atoms with van der Waals surface area (Å²) in [5, 5.41) is 4.62. The van der Waals surface area contributed by atoms with E-state index in [1.54, 1.807) is 41.8 Å². The second-order valence-electron chi connectivity index (χ2n) is 7.37. The summed E-state index contributed by atoms with van der Waals surface area (Å²) in [7, 11) is -3.59. The highest BCUT2D eigenvalue weighted by Crippen LogP contribution is 2.20. The van der Waals surface area contributed by atoms with Gasteiger partial charge >= 0.3 is 0 Å². The third kappa shape index (κ3) is 5.93. The molecule has 0 spiro atoms. The number of carbonyl (C=O) groups excluding carboxylic acids is 1. The number of anilines is 1. The number of aryl methyl sites for hydroxylation is 1. The van der Waals surface area contributed by atoms with Gasteiger partial charge in [-0.3, -0.25) is 9.52 Å². The van der Waals surface area contributed by atoms with Crippen molar-refractivity contribution in [2.75, 3.05) is 11.3 Å². The fraction of sp³-hybridized carbons (Fsp3) is 0.261. The minimum Gasteiger partial charge on any atom is -0.352 e. The minimum atomic E-state index is -3.59. The van der Waals surface area contributed by atoms with Crippen LogP contribution in [0.3, 0.4) is 0 Å². The lowest BCUT2D eigenvalue weighted by atomic mass is 10.0. The molecular weight excluding hydrogens is 416 g/mol. The van der Waals surface area contributed by atoms with E-state index in [9.17, 15) is 13.2 Å². The van der Waals surface area contributed by atoms with E-state index in [-0.39, 0.29) is 10.1 Å². The van der Waals surface area contributed by atoms with Crippen LogP contribution in [-0.2, 0) is 16.4 Å². The molecule has 0 aliphatic rings. The summed E-state index contributed by atoms with van der Waals surface area (Å²) in [6.45, 7) is 4.93. The first-order valence-electron chi connectivity index (χ1n) is 9.88. The van der Waals surface area contributed by atoms with Gasteiger partial charge in [-0.1, -0.05) is 44.2 Å². The lowest BCUT2D eigenvalue weighted by Crippen LogP contribution is -2.24. The number of sulfonamides is 1. The maximum Gasteiger partial charge on any atom is 0.271 e. The summed E-state index contributed by atoms with van der Waals surface area (Å²) in [5.74, 6) is 0.355. The molecule has 1 aromatic heterocycles. The molecule has 0 unspecified atom stereocenters. The fourth-order valence-electron chi connectivity index (χ4n) is 2.98. The Morgan fingerprint density at radius 2 is 1.70 bits per heavy atom. The number of thiophene rings is 1. The molecule has 0 saturated carbocycles. The van der Waals surface area contributed by atoms with Crippen LogP contribution < -0.4 is 10.0 Å². The van der Waals surface area contributed by atoms with E-state index < -0.39 is 10.0 Å². The molecule has 0 aliphatic carbocycles. The molecule has 2 N–H and O–H groups in total. The van der Waals surface area contributed by atoms with Gasteiger partial charge < -0.3 is 5.32 Å². The number of hydrogen-bond donors (Lipinski definition) is 2. The topological polar surface area (TPSA) is 75.3 Å². The van der Waals surface area contributed by atoms with Gasteiger partial charge in [-0.25, -0.2) is 8.42 Å². The van der Waals surface area contributed by atoms with E-state index in [0.29, 0.717) is 23.7 Å². The quantitative estimate of drug-likeness (QED) is 0.456. The third-order valence-electron chi connectivity index (χ3n) is 4.73. The van der Waals surface area contributed by atoms with Gasteiger partial charge in [0.15, 0.2) is 0 Å². The van der Waals surface area contributed by atoms with Crippen molar-refractivity contribution in [2.45, 2.75) is 36.8 Å². The van der Waals surface area contributed by atoms with Crippen molar-refractivity contribution in [1.82, 2.24) is 5.32 Å². The van der Waals surface area contributed by atoms with Crippen molar-refractivity contribution in [3.8, 4) is 0 Å². The summed E-state index contributed by atoms with van der Waals surface area (Å²) < 4.78 is 27.3. The Kier molecular flexibility index (Phi) is 7.29. The molecule has 2 aromatic carbocycles. The van der Waals surface area contributed by atoms with Gasteiger partial charge in [0, 0.05) is 17.8 Å². The third-order valence-corrected chi connectivity index (χ3v) is 7.51. The van der Waals surface area contributed by atoms with Crippen LogP contribution in [0.2, 0.25) is 0 Å². The van der Waals surface area contributed by atoms with Gasteiger partial charge in [0.1, 0.15) is 4.21 Å². The van der Waals surface area contributed by atoms with Crippen LogP contribution in [0.15, 0.2) is 70.3 Å². The van der Waals surface area contributed by atoms with Gasteiger partial charge in [-0.15, -0.1) is 11.3 Å². The second-order valence-corrected chi connectivity index (χ2v) is 10.2. The number of carbonyl (C=O) groups is 1. The number of amides is 1. The maximum atomic E-state index is 12.3. The zero-order chi connectivity index (χ0) is 21.6. The minimum absolute atomic E-state index is 0.169. The Morgan fingerprint density at radius 1 is 1.00 bits per heavy atom. The Bertz CT molecular complexity index is 1060. The van der Waals surface area contributed by atoms with E-state index >= 15 is 0 Å². The summed E-state index contributed by atoms with van der Waals surface area (Å²) >= 11 is 1.15. The number of nitrogens with one attached hydrogen (secondary N) is 2. The average molecular weight is 443 g/mol. The highest BCUT2D eigenvalue weighted by Gasteiger charge is 2.15. The van der Waals surface area contributed by atoms with Gasteiger partial charge in [0.2, 0.25) is 0 Å². The van der Waals surface area contributed by atoms with Gasteiger partial charge in [-0.05, 0) is 65.6 Å². The molecule has 3 rings (SSSR count). The second kappa shape index (κ2) is 9.91. The first kappa shape index (κ1) is 22.1. The fourth-order valence-corrected chi connectivity index (χ4v) is 5.03. The zero-order valence-corrected chi connectivity index (χ0v) is 18.7. The van der Waals surface area contributed by atoms with Gasteiger partial charge in [-0.2, -0.15) is 0 Å². The maximum absolute atomic E-state index is 12.3. The van der Waals surface area contributed by atoms with Gasteiger partial charge in [0.25, 0.3) is 15.9 Å².